The fraction of sp³-hybridized carbons (Fsp3) is 0.346. The number of carbonyl (C=O) groups excluding carboxylic acids is 4. The number of nitrogens with zero attached hydrogens (tertiary/aromatic N) is 4. The van der Waals surface area contributed by atoms with E-state index in [9.17, 15) is 19.2 Å². The molecular weight excluding hydrogens is 552 g/mol. The number of hydrogen-bond donors (Lipinski definition) is 4. The zero-order valence-electron chi connectivity index (χ0n) is 21.8. The van der Waals surface area contributed by atoms with Crippen LogP contribution in [0.1, 0.15) is 49.3 Å². The number of rotatable bonds is 8. The Bertz CT molecular complexity index is 1580. The van der Waals surface area contributed by atoms with Gasteiger partial charge >= 0.3 is 0 Å². The zero-order chi connectivity index (χ0) is 28.4. The molecule has 1 saturated heterocycles. The van der Waals surface area contributed by atoms with E-state index in [0.29, 0.717) is 17.0 Å². The number of carbonyl (C=O) groups is 4. The van der Waals surface area contributed by atoms with Gasteiger partial charge in [-0.25, -0.2) is 4.98 Å². The molecule has 14 heteroatoms. The normalized spacial score (nSPS) is 17.9. The number of amides is 4. The molecule has 4 amide bonds. The molecule has 1 fully saturated rings. The second-order valence-electron chi connectivity index (χ2n) is 9.68. The van der Waals surface area contributed by atoms with Crippen LogP contribution >= 0.6 is 22.9 Å². The van der Waals surface area contributed by atoms with Gasteiger partial charge in [-0.1, -0.05) is 22.7 Å². The molecule has 4 aromatic rings. The number of hydrogen-bond acceptors (Lipinski definition) is 9. The van der Waals surface area contributed by atoms with Crippen molar-refractivity contribution < 1.29 is 19.2 Å². The minimum atomic E-state index is -1.01. The highest BCUT2D eigenvalue weighted by Gasteiger charge is 2.39. The third kappa shape index (κ3) is 5.72. The lowest BCUT2D eigenvalue weighted by molar-refractivity contribution is -0.131. The van der Waals surface area contributed by atoms with Crippen molar-refractivity contribution in [1.29, 1.82) is 0 Å². The summed E-state index contributed by atoms with van der Waals surface area (Å²) in [5, 5.41) is 12.9. The molecule has 3 atom stereocenters. The Hall–Kier alpha value is -4.17. The molecule has 1 aromatic carbocycles. The molecule has 0 radical (unpaired) electrons. The van der Waals surface area contributed by atoms with Crippen LogP contribution in [0.4, 0.5) is 0 Å². The number of nitrogens with two attached hydrogens (primary N) is 1. The van der Waals surface area contributed by atoms with E-state index in [4.69, 9.17) is 5.73 Å². The van der Waals surface area contributed by atoms with E-state index in [1.54, 1.807) is 25.4 Å². The summed E-state index contributed by atoms with van der Waals surface area (Å²) in [5.41, 5.74) is 8.20. The predicted octanol–water partition coefficient (Wildman–Crippen LogP) is 1.71. The first-order valence-electron chi connectivity index (χ1n) is 12.7. The molecule has 0 aliphatic carbocycles. The number of nitrogens with one attached hydrogen (secondary N) is 3. The Morgan fingerprint density at radius 1 is 1.23 bits per heavy atom. The third-order valence-corrected chi connectivity index (χ3v) is 8.56. The van der Waals surface area contributed by atoms with Gasteiger partial charge in [0.25, 0.3) is 11.8 Å². The van der Waals surface area contributed by atoms with Crippen LogP contribution in [-0.2, 0) is 16.0 Å². The van der Waals surface area contributed by atoms with Crippen LogP contribution in [-0.4, -0.2) is 72.8 Å². The molecule has 208 valence electrons. The zero-order valence-corrected chi connectivity index (χ0v) is 23.5. The lowest BCUT2D eigenvalue weighted by Gasteiger charge is -2.39. The summed E-state index contributed by atoms with van der Waals surface area (Å²) in [4.78, 5) is 61.7. The maximum Gasteiger partial charge on any atom is 0.274 e. The molecule has 4 heterocycles. The van der Waals surface area contributed by atoms with Gasteiger partial charge in [-0.2, -0.15) is 0 Å². The summed E-state index contributed by atoms with van der Waals surface area (Å²) >= 11 is 2.34. The van der Waals surface area contributed by atoms with Gasteiger partial charge in [0.1, 0.15) is 22.7 Å². The first-order chi connectivity index (χ1) is 19.2. The monoisotopic (exact) mass is 580 g/mol. The molecule has 40 heavy (non-hydrogen) atoms. The average Bonchev–Trinajstić information content (AvgIpc) is 3.68. The van der Waals surface area contributed by atoms with Gasteiger partial charge in [-0.15, -0.1) is 16.4 Å². The van der Waals surface area contributed by atoms with E-state index >= 15 is 0 Å². The summed E-state index contributed by atoms with van der Waals surface area (Å²) < 4.78 is 3.81. The third-order valence-electron chi connectivity index (χ3n) is 6.96. The van der Waals surface area contributed by atoms with Gasteiger partial charge in [-0.05, 0) is 49.9 Å². The standard InChI is InChI=1S/C26H28N8O4S2/c1-13-22(40-33-32-13)25(37)30-16-7-8-34(26(38)20-12-39-14(2)29-20)21(10-16)24(36)31-19(23(27)35)9-15-11-28-18-6-4-3-5-17(15)18/h3-6,11-12,16,19,21,28H,7-10H2,1-2H3,(H2,27,35)(H,30,37)(H,31,36). The van der Waals surface area contributed by atoms with Gasteiger partial charge in [0.15, 0.2) is 0 Å². The van der Waals surface area contributed by atoms with Crippen molar-refractivity contribution in [2.45, 2.75) is 51.2 Å². The smallest absolute Gasteiger partial charge is 0.274 e. The number of aromatic nitrogens is 4. The Morgan fingerprint density at radius 2 is 2.02 bits per heavy atom. The largest absolute Gasteiger partial charge is 0.368 e. The molecule has 1 aliphatic heterocycles. The lowest BCUT2D eigenvalue weighted by Crippen LogP contribution is -2.59. The number of likely N-dealkylation sites (tertiary alicyclic amines) is 1. The number of fused-ring (bicyclic) bond motifs is 1. The molecule has 5 N–H and O–H groups in total. The van der Waals surface area contributed by atoms with Crippen LogP contribution in [0.15, 0.2) is 35.8 Å². The average molecular weight is 581 g/mol. The second-order valence-corrected chi connectivity index (χ2v) is 11.5. The van der Waals surface area contributed by atoms with Crippen molar-refractivity contribution in [1.82, 2.24) is 35.1 Å². The molecule has 0 saturated carbocycles. The van der Waals surface area contributed by atoms with Crippen molar-refractivity contribution in [2.24, 2.45) is 5.73 Å². The van der Waals surface area contributed by atoms with Crippen molar-refractivity contribution in [3.63, 3.8) is 0 Å². The quantitative estimate of drug-likeness (QED) is 0.245. The number of aryl methyl sites for hydroxylation is 2. The number of para-hydroxylation sites is 1. The minimum absolute atomic E-state index is 0.149. The van der Waals surface area contributed by atoms with Crippen LogP contribution in [0.25, 0.3) is 10.9 Å². The highest BCUT2D eigenvalue weighted by molar-refractivity contribution is 7.09. The van der Waals surface area contributed by atoms with Crippen molar-refractivity contribution in [2.75, 3.05) is 6.54 Å². The summed E-state index contributed by atoms with van der Waals surface area (Å²) in [5.74, 6) is -1.94. The number of benzene rings is 1. The van der Waals surface area contributed by atoms with Crippen LogP contribution in [0.5, 0.6) is 0 Å². The first-order valence-corrected chi connectivity index (χ1v) is 14.3. The van der Waals surface area contributed by atoms with Crippen molar-refractivity contribution in [3.8, 4) is 0 Å². The van der Waals surface area contributed by atoms with E-state index in [1.165, 1.54) is 16.2 Å². The minimum Gasteiger partial charge on any atom is -0.368 e. The molecular formula is C26H28N8O4S2. The number of piperidine rings is 1. The number of aromatic amines is 1. The van der Waals surface area contributed by atoms with E-state index < -0.39 is 29.9 Å². The molecule has 3 unspecified atom stereocenters. The maximum atomic E-state index is 13.7. The van der Waals surface area contributed by atoms with Crippen LogP contribution in [0.2, 0.25) is 0 Å². The molecule has 5 rings (SSSR count). The molecule has 12 nitrogen and oxygen atoms in total. The summed E-state index contributed by atoms with van der Waals surface area (Å²) in [6, 6.07) is 5.27. The van der Waals surface area contributed by atoms with E-state index in [2.05, 4.69) is 30.2 Å². The SMILES string of the molecule is Cc1nc(C(=O)N2CCC(NC(=O)c3snnc3C)CC2C(=O)NC(Cc2c[nH]c3ccccc23)C(N)=O)cs1. The summed E-state index contributed by atoms with van der Waals surface area (Å²) in [6.45, 7) is 3.71. The summed E-state index contributed by atoms with van der Waals surface area (Å²) in [7, 11) is 0. The van der Waals surface area contributed by atoms with Crippen LogP contribution in [0.3, 0.4) is 0 Å². The molecule has 3 aromatic heterocycles. The lowest BCUT2D eigenvalue weighted by atomic mass is 9.95. The van der Waals surface area contributed by atoms with Crippen molar-refractivity contribution >= 4 is 57.4 Å². The van der Waals surface area contributed by atoms with Gasteiger partial charge < -0.3 is 26.3 Å². The fourth-order valence-electron chi connectivity index (χ4n) is 4.90. The van der Waals surface area contributed by atoms with Gasteiger partial charge in [-0.3, -0.25) is 19.2 Å². The Balaban J connectivity index is 1.36. The van der Waals surface area contributed by atoms with E-state index in [-0.39, 0.29) is 36.9 Å². The second kappa shape index (κ2) is 11.5. The van der Waals surface area contributed by atoms with Gasteiger partial charge in [0, 0.05) is 41.5 Å². The Morgan fingerprint density at radius 3 is 2.73 bits per heavy atom. The number of primary amides is 1. The fourth-order valence-corrected chi connectivity index (χ4v) is 6.05. The number of thiazole rings is 1. The number of H-pyrrole nitrogens is 1. The van der Waals surface area contributed by atoms with E-state index in [1.807, 2.05) is 24.3 Å². The van der Waals surface area contributed by atoms with Crippen LogP contribution < -0.4 is 16.4 Å². The molecule has 1 aliphatic rings. The topological polar surface area (TPSA) is 176 Å². The van der Waals surface area contributed by atoms with Gasteiger partial charge in [0.05, 0.1) is 10.7 Å². The first kappa shape index (κ1) is 27.4. The highest BCUT2D eigenvalue weighted by Crippen LogP contribution is 2.24. The van der Waals surface area contributed by atoms with Gasteiger partial charge in [0.2, 0.25) is 11.8 Å². The molecule has 0 bridgehead atoms. The maximum absolute atomic E-state index is 13.7. The Labute approximate surface area is 237 Å². The Kier molecular flexibility index (Phi) is 7.89. The van der Waals surface area contributed by atoms with E-state index in [0.717, 1.165) is 33.0 Å². The summed E-state index contributed by atoms with van der Waals surface area (Å²) in [6.07, 6.45) is 2.55. The predicted molar refractivity (Wildman–Crippen MR) is 150 cm³/mol. The molecule has 0 spiro atoms. The highest BCUT2D eigenvalue weighted by atomic mass is 32.1. The van der Waals surface area contributed by atoms with Crippen molar-refractivity contribution in [3.05, 3.63) is 62.7 Å². The van der Waals surface area contributed by atoms with Crippen LogP contribution in [0, 0.1) is 13.8 Å².